The summed E-state index contributed by atoms with van der Waals surface area (Å²) in [7, 11) is 0. The molecule has 0 amide bonds. The van der Waals surface area contributed by atoms with Crippen molar-refractivity contribution in [3.05, 3.63) is 95.6 Å². The fraction of sp³-hybridized carbons (Fsp3) is 0. The van der Waals surface area contributed by atoms with Crippen molar-refractivity contribution in [2.45, 2.75) is 0 Å². The number of esters is 2. The number of Topliss-reactive ketones (excluding diaryl/α,β-unsaturated/α-hetero) is 1. The van der Waals surface area contributed by atoms with Crippen molar-refractivity contribution >= 4 is 57.6 Å². The van der Waals surface area contributed by atoms with Crippen molar-refractivity contribution in [1.82, 2.24) is 8.75 Å². The van der Waals surface area contributed by atoms with Crippen molar-refractivity contribution in [2.75, 3.05) is 0 Å². The summed E-state index contributed by atoms with van der Waals surface area (Å²) in [6.45, 7) is 0. The molecule has 0 saturated carbocycles. The zero-order chi connectivity index (χ0) is 23.4. The Morgan fingerprint density at radius 1 is 0.667 bits per heavy atom. The summed E-state index contributed by atoms with van der Waals surface area (Å²) in [6.07, 6.45) is 0. The number of benzene rings is 3. The van der Waals surface area contributed by atoms with Gasteiger partial charge in [-0.1, -0.05) is 66.7 Å². The van der Waals surface area contributed by atoms with Gasteiger partial charge in [0.05, 0.1) is 22.9 Å². The van der Waals surface area contributed by atoms with E-state index in [1.807, 2.05) is 0 Å². The highest BCUT2D eigenvalue weighted by atomic mass is 32.1. The number of carbonyl (C=O) groups excluding carboxylic acids is 3. The number of ether oxygens (including phenoxy) is 1. The minimum atomic E-state index is -1.42. The first kappa shape index (κ1) is 21.7. The largest absolute Gasteiger partial charge is 0.478 e. The molecule has 8 nitrogen and oxygen atoms in total. The van der Waals surface area contributed by atoms with Crippen LogP contribution in [0.1, 0.15) is 21.5 Å². The average molecular weight is 458 g/mol. The number of nitrogens with zero attached hydrogens (tertiary/aromatic N) is 2. The topological polar surface area (TPSA) is 124 Å². The molecule has 4 rings (SSSR count). The lowest BCUT2D eigenvalue weighted by atomic mass is 9.94. The van der Waals surface area contributed by atoms with E-state index in [4.69, 9.17) is 4.74 Å². The number of hydrogen-bond acceptors (Lipinski definition) is 8. The van der Waals surface area contributed by atoms with E-state index in [2.05, 4.69) is 8.75 Å². The molecular weight excluding hydrogens is 444 g/mol. The molecule has 0 atom stereocenters. The standard InChI is InChI=1S/C24H14N2O6S/c27-21(15-9-5-2-6-10-15)24(31)32-23(30)20(16-11-12-17-18(13-16)26-33-25-17)19(22(28)29)14-7-3-1-4-8-14/h1-13H,(H,28,29)/b20-19-. The maximum Gasteiger partial charge on any atom is 0.387 e. The van der Waals surface area contributed by atoms with E-state index in [0.717, 1.165) is 11.7 Å². The highest BCUT2D eigenvalue weighted by Gasteiger charge is 2.29. The summed E-state index contributed by atoms with van der Waals surface area (Å²) in [5.74, 6) is -5.13. The molecule has 0 radical (unpaired) electrons. The van der Waals surface area contributed by atoms with Crippen LogP contribution in [0.4, 0.5) is 0 Å². The van der Waals surface area contributed by atoms with Crippen LogP contribution >= 0.6 is 11.7 Å². The summed E-state index contributed by atoms with van der Waals surface area (Å²) in [5, 5.41) is 9.96. The molecule has 0 fully saturated rings. The number of carbonyl (C=O) groups is 4. The predicted molar refractivity (Wildman–Crippen MR) is 120 cm³/mol. The summed E-state index contributed by atoms with van der Waals surface area (Å²) in [5.41, 5.74) is 0.630. The fourth-order valence-corrected chi connectivity index (χ4v) is 3.69. The lowest BCUT2D eigenvalue weighted by Crippen LogP contribution is -2.23. The number of fused-ring (bicyclic) bond motifs is 1. The highest BCUT2D eigenvalue weighted by Crippen LogP contribution is 2.30. The summed E-state index contributed by atoms with van der Waals surface area (Å²) in [6, 6.07) is 20.0. The van der Waals surface area contributed by atoms with Gasteiger partial charge in [-0.3, -0.25) is 4.79 Å². The van der Waals surface area contributed by atoms with Gasteiger partial charge in [0, 0.05) is 5.56 Å². The molecular formula is C24H14N2O6S. The first-order chi connectivity index (χ1) is 16.0. The van der Waals surface area contributed by atoms with E-state index >= 15 is 0 Å². The summed E-state index contributed by atoms with van der Waals surface area (Å²) < 4.78 is 13.1. The third-order valence-corrected chi connectivity index (χ3v) is 5.24. The van der Waals surface area contributed by atoms with E-state index in [0.29, 0.717) is 11.0 Å². The smallest absolute Gasteiger partial charge is 0.387 e. The zero-order valence-electron chi connectivity index (χ0n) is 16.8. The van der Waals surface area contributed by atoms with Crippen LogP contribution in [0.3, 0.4) is 0 Å². The second-order valence-electron chi connectivity index (χ2n) is 6.76. The molecule has 1 heterocycles. The van der Waals surface area contributed by atoms with Gasteiger partial charge in [0.15, 0.2) is 0 Å². The SMILES string of the molecule is O=C(OC(=O)/C(=C(\C(=O)O)c1ccccc1)c1ccc2nsnc2c1)C(=O)c1ccccc1. The fourth-order valence-electron chi connectivity index (χ4n) is 3.17. The van der Waals surface area contributed by atoms with E-state index < -0.39 is 29.3 Å². The number of hydrogen-bond donors (Lipinski definition) is 1. The maximum absolute atomic E-state index is 13.1. The molecule has 1 N–H and O–H groups in total. The number of carboxylic acids is 1. The molecule has 33 heavy (non-hydrogen) atoms. The minimum absolute atomic E-state index is 0.0392. The lowest BCUT2D eigenvalue weighted by molar-refractivity contribution is -0.152. The summed E-state index contributed by atoms with van der Waals surface area (Å²) in [4.78, 5) is 50.1. The van der Waals surface area contributed by atoms with Crippen molar-refractivity contribution in [1.29, 1.82) is 0 Å². The monoisotopic (exact) mass is 458 g/mol. The molecule has 0 unspecified atom stereocenters. The van der Waals surface area contributed by atoms with Gasteiger partial charge in [-0.05, 0) is 23.3 Å². The lowest BCUT2D eigenvalue weighted by Gasteiger charge is -2.12. The van der Waals surface area contributed by atoms with Crippen molar-refractivity contribution < 1.29 is 29.0 Å². The molecule has 0 spiro atoms. The minimum Gasteiger partial charge on any atom is -0.478 e. The first-order valence-corrected chi connectivity index (χ1v) is 10.3. The van der Waals surface area contributed by atoms with E-state index in [9.17, 15) is 24.3 Å². The van der Waals surface area contributed by atoms with Gasteiger partial charge in [0.25, 0.3) is 5.78 Å². The Bertz CT molecular complexity index is 1410. The Morgan fingerprint density at radius 3 is 1.91 bits per heavy atom. The van der Waals surface area contributed by atoms with Gasteiger partial charge in [0.1, 0.15) is 11.0 Å². The first-order valence-electron chi connectivity index (χ1n) is 9.57. The van der Waals surface area contributed by atoms with E-state index in [-0.39, 0.29) is 22.3 Å². The van der Waals surface area contributed by atoms with E-state index in [1.165, 1.54) is 36.4 Å². The van der Waals surface area contributed by atoms with Gasteiger partial charge in [-0.2, -0.15) is 8.75 Å². The number of aliphatic carboxylic acids is 1. The second-order valence-corrected chi connectivity index (χ2v) is 7.29. The molecule has 1 aromatic heterocycles. The average Bonchev–Trinajstić information content (AvgIpc) is 3.30. The molecule has 0 aliphatic heterocycles. The number of aromatic nitrogens is 2. The molecule has 4 aromatic rings. The van der Waals surface area contributed by atoms with Gasteiger partial charge in [0.2, 0.25) is 0 Å². The van der Waals surface area contributed by atoms with Crippen LogP contribution < -0.4 is 0 Å². The summed E-state index contributed by atoms with van der Waals surface area (Å²) >= 11 is 0.958. The second kappa shape index (κ2) is 9.33. The van der Waals surface area contributed by atoms with Crippen LogP contribution in [0.2, 0.25) is 0 Å². The van der Waals surface area contributed by atoms with Crippen LogP contribution in [-0.4, -0.2) is 37.5 Å². The van der Waals surface area contributed by atoms with E-state index in [1.54, 1.807) is 42.5 Å². The number of ketones is 1. The van der Waals surface area contributed by atoms with Crippen LogP contribution in [-0.2, 0) is 19.1 Å². The predicted octanol–water partition coefficient (Wildman–Crippen LogP) is 3.64. The Labute approximate surface area is 191 Å². The van der Waals surface area contributed by atoms with Gasteiger partial charge in [-0.15, -0.1) is 0 Å². The van der Waals surface area contributed by atoms with Crippen molar-refractivity contribution in [2.24, 2.45) is 0 Å². The molecule has 0 aliphatic rings. The third-order valence-electron chi connectivity index (χ3n) is 4.68. The quantitative estimate of drug-likeness (QED) is 0.116. The molecule has 0 bridgehead atoms. The maximum atomic E-state index is 13.1. The van der Waals surface area contributed by atoms with Crippen LogP contribution in [0, 0.1) is 0 Å². The molecule has 162 valence electrons. The molecule has 0 saturated heterocycles. The molecule has 9 heteroatoms. The highest BCUT2D eigenvalue weighted by molar-refractivity contribution is 7.00. The van der Waals surface area contributed by atoms with Gasteiger partial charge >= 0.3 is 17.9 Å². The Morgan fingerprint density at radius 2 is 1.27 bits per heavy atom. The van der Waals surface area contributed by atoms with Gasteiger partial charge < -0.3 is 9.84 Å². The van der Waals surface area contributed by atoms with Crippen molar-refractivity contribution in [3.8, 4) is 0 Å². The van der Waals surface area contributed by atoms with Crippen LogP contribution in [0.15, 0.2) is 78.9 Å². The normalized spacial score (nSPS) is 11.5. The Kier molecular flexibility index (Phi) is 6.14. The van der Waals surface area contributed by atoms with Crippen LogP contribution in [0.25, 0.3) is 22.2 Å². The van der Waals surface area contributed by atoms with Gasteiger partial charge in [-0.25, -0.2) is 14.4 Å². The van der Waals surface area contributed by atoms with Crippen molar-refractivity contribution in [3.63, 3.8) is 0 Å². The molecule has 3 aromatic carbocycles. The Balaban J connectivity index is 1.81. The van der Waals surface area contributed by atoms with Crippen LogP contribution in [0.5, 0.6) is 0 Å². The zero-order valence-corrected chi connectivity index (χ0v) is 17.6. The molecule has 0 aliphatic carbocycles. The third kappa shape index (κ3) is 4.58. The Hall–Kier alpha value is -4.50. The number of rotatable bonds is 6. The number of carboxylic acid groups (broad SMARTS) is 1.